The van der Waals surface area contributed by atoms with Gasteiger partial charge in [0.1, 0.15) is 11.5 Å². The van der Waals surface area contributed by atoms with E-state index in [1.54, 1.807) is 0 Å². The van der Waals surface area contributed by atoms with Crippen LogP contribution in [-0.2, 0) is 25.7 Å². The van der Waals surface area contributed by atoms with Gasteiger partial charge in [-0.3, -0.25) is 0 Å². The predicted octanol–water partition coefficient (Wildman–Crippen LogP) is 32.4. The van der Waals surface area contributed by atoms with Crippen molar-refractivity contribution in [1.29, 1.82) is 0 Å². The molecule has 2 atom stereocenters. The second-order valence-corrected chi connectivity index (χ2v) is 34.5. The second kappa shape index (κ2) is 66.2. The van der Waals surface area contributed by atoms with E-state index in [1.807, 2.05) is 12.1 Å². The molecule has 0 radical (unpaired) electrons. The maximum Gasteiger partial charge on any atom is 0.412 e. The van der Waals surface area contributed by atoms with Crippen molar-refractivity contribution in [1.82, 2.24) is 10.6 Å². The summed E-state index contributed by atoms with van der Waals surface area (Å²) in [5.74, 6) is 1.48. The number of carbonyl (C=O) groups excluding carboxylic acids is 2. The molecule has 1 fully saturated rings. The van der Waals surface area contributed by atoms with Gasteiger partial charge in [-0.05, 0) is 116 Å². The molecule has 2 aromatic carbocycles. The number of carbonyl (C=O) groups is 2. The van der Waals surface area contributed by atoms with Crippen LogP contribution >= 0.6 is 0 Å². The number of hydrogen-bond acceptors (Lipinski definition) is 4. The average Bonchev–Trinajstić information content (AvgIpc) is 0.801. The fraction of sp³-hybridized carbons (Fsp3) is 0.854. The van der Waals surface area contributed by atoms with Crippen molar-refractivity contribution in [2.24, 2.45) is 10.8 Å². The largest absolute Gasteiger partial charge is 0.412 e. The van der Waals surface area contributed by atoms with Crippen LogP contribution in [0.5, 0.6) is 11.5 Å². The smallest absolute Gasteiger partial charge is 0.410 e. The molecule has 2 N–H and O–H groups in total. The van der Waals surface area contributed by atoms with Gasteiger partial charge in [-0.25, -0.2) is 9.59 Å². The highest BCUT2D eigenvalue weighted by molar-refractivity contribution is 5.72. The van der Waals surface area contributed by atoms with Crippen LogP contribution in [0, 0.1) is 10.8 Å². The van der Waals surface area contributed by atoms with Gasteiger partial charge in [0.25, 0.3) is 0 Å². The Morgan fingerprint density at radius 2 is 0.549 bits per heavy atom. The van der Waals surface area contributed by atoms with Crippen molar-refractivity contribution in [2.45, 2.75) is 510 Å². The zero-order chi connectivity index (χ0) is 73.2. The highest BCUT2D eigenvalue weighted by Crippen LogP contribution is 2.46. The highest BCUT2D eigenvalue weighted by atomic mass is 16.6. The van der Waals surface area contributed by atoms with Crippen LogP contribution in [0.15, 0.2) is 36.4 Å². The molecule has 102 heavy (non-hydrogen) atoms. The molecule has 0 saturated heterocycles. The van der Waals surface area contributed by atoms with E-state index in [2.05, 4.69) is 83.4 Å². The number of unbranched alkanes of at least 4 members (excludes halogenated alkanes) is 60. The van der Waals surface area contributed by atoms with E-state index in [9.17, 15) is 9.59 Å². The molecule has 2 unspecified atom stereocenters. The van der Waals surface area contributed by atoms with Crippen LogP contribution in [0.1, 0.15) is 501 Å². The Bertz CT molecular complexity index is 2200. The van der Waals surface area contributed by atoms with Gasteiger partial charge in [0.15, 0.2) is 0 Å². The first-order chi connectivity index (χ1) is 50.0. The summed E-state index contributed by atoms with van der Waals surface area (Å²) in [6.07, 6.45) is 93.4. The first-order valence-corrected chi connectivity index (χ1v) is 46.2. The molecule has 1 aliphatic carbocycles. The van der Waals surface area contributed by atoms with Crippen molar-refractivity contribution in [2.75, 3.05) is 6.54 Å². The number of ether oxygens (including phenoxy) is 2. The Hall–Kier alpha value is -3.02. The summed E-state index contributed by atoms with van der Waals surface area (Å²) in [4.78, 5) is 28.3. The number of rotatable bonds is 73. The number of hydrogen-bond donors (Lipinski definition) is 2. The standard InChI is InChI=1S/C96H174N2O4/c1-8-12-16-20-24-28-32-36-40-44-48-52-56-60-64-68-74-86-76-72-80-91(89(86)78-70-66-62-58-54-50-46-42-38-34-30-26-22-18-14-10-3)101-93(99)97-85-96(7)83-88(82-95(5,6)84-96)98-94(100)102-92-81-73-77-87(75-69-65-61-57-53-49-45-41-37-33-29-25-21-17-13-9-2)90(92)79-71-67-63-59-55-51-47-43-39-35-31-27-23-19-15-11-4/h72-73,76-77,80-81,88H,8-71,74-75,78-79,82-85H2,1-7H3,(H,97,99)(H,98,100). The van der Waals surface area contributed by atoms with E-state index in [-0.39, 0.29) is 29.1 Å². The topological polar surface area (TPSA) is 76.7 Å². The monoisotopic (exact) mass is 1420 g/mol. The lowest BCUT2D eigenvalue weighted by Crippen LogP contribution is -2.51. The van der Waals surface area contributed by atoms with E-state index in [0.29, 0.717) is 6.54 Å². The summed E-state index contributed by atoms with van der Waals surface area (Å²) >= 11 is 0. The SMILES string of the molecule is CCCCCCCCCCCCCCCCCCc1cccc(OC(=O)NCC2(C)CC(NC(=O)Oc3cccc(CCCCCCCCCCCCCCCCCC)c3CCCCCCCCCCCCCCCCCC)CC(C)(C)C2)c1CCCCCCCCCCCCCCCCCC. The van der Waals surface area contributed by atoms with Crippen LogP contribution in [0.25, 0.3) is 0 Å². The first kappa shape index (κ1) is 93.2. The molecule has 0 bridgehead atoms. The lowest BCUT2D eigenvalue weighted by atomic mass is 9.62. The van der Waals surface area contributed by atoms with E-state index in [1.165, 1.54) is 420 Å². The highest BCUT2D eigenvalue weighted by Gasteiger charge is 2.42. The summed E-state index contributed by atoms with van der Waals surface area (Å²) in [5, 5.41) is 6.67. The minimum atomic E-state index is -0.368. The van der Waals surface area contributed by atoms with Crippen molar-refractivity contribution >= 4 is 12.2 Å². The fourth-order valence-electron chi connectivity index (χ4n) is 17.5. The van der Waals surface area contributed by atoms with Gasteiger partial charge in [0.05, 0.1) is 0 Å². The summed E-state index contributed by atoms with van der Waals surface area (Å²) in [5.41, 5.74) is 4.94. The maximum absolute atomic E-state index is 14.2. The van der Waals surface area contributed by atoms with Crippen LogP contribution in [0.4, 0.5) is 9.59 Å². The molecule has 0 spiro atoms. The summed E-state index contributed by atoms with van der Waals surface area (Å²) in [6, 6.07) is 12.9. The Labute approximate surface area is 636 Å². The van der Waals surface area contributed by atoms with Crippen LogP contribution < -0.4 is 20.1 Å². The van der Waals surface area contributed by atoms with Crippen molar-refractivity contribution < 1.29 is 19.1 Å². The predicted molar refractivity (Wildman–Crippen MR) is 449 cm³/mol. The second-order valence-electron chi connectivity index (χ2n) is 34.5. The molecule has 6 nitrogen and oxygen atoms in total. The van der Waals surface area contributed by atoms with Crippen molar-refractivity contribution in [3.63, 3.8) is 0 Å². The molecule has 1 saturated carbocycles. The van der Waals surface area contributed by atoms with Gasteiger partial charge in [-0.15, -0.1) is 0 Å². The lowest BCUT2D eigenvalue weighted by molar-refractivity contribution is 0.0701. The number of amides is 2. The van der Waals surface area contributed by atoms with E-state index in [4.69, 9.17) is 9.47 Å². The maximum atomic E-state index is 14.2. The average molecular weight is 1420 g/mol. The third kappa shape index (κ3) is 52.1. The van der Waals surface area contributed by atoms with E-state index in [0.717, 1.165) is 69.3 Å². The van der Waals surface area contributed by atoms with Gasteiger partial charge < -0.3 is 20.1 Å². The van der Waals surface area contributed by atoms with E-state index >= 15 is 0 Å². The minimum absolute atomic E-state index is 0.0388. The van der Waals surface area contributed by atoms with Crippen molar-refractivity contribution in [3.05, 3.63) is 58.7 Å². The molecule has 3 rings (SSSR count). The zero-order valence-electron chi connectivity index (χ0n) is 69.6. The number of benzene rings is 2. The summed E-state index contributed by atoms with van der Waals surface area (Å²) in [6.45, 7) is 16.6. The summed E-state index contributed by atoms with van der Waals surface area (Å²) in [7, 11) is 0. The fourth-order valence-corrected chi connectivity index (χ4v) is 17.5. The van der Waals surface area contributed by atoms with Crippen LogP contribution in [0.2, 0.25) is 0 Å². The van der Waals surface area contributed by atoms with Gasteiger partial charge in [-0.1, -0.05) is 458 Å². The third-order valence-electron chi connectivity index (χ3n) is 23.5. The molecule has 0 aromatic heterocycles. The Morgan fingerprint density at radius 3 is 0.814 bits per heavy atom. The Kier molecular flexibility index (Phi) is 60.5. The normalized spacial score (nSPS) is 15.1. The zero-order valence-corrected chi connectivity index (χ0v) is 69.6. The molecule has 592 valence electrons. The third-order valence-corrected chi connectivity index (χ3v) is 23.5. The van der Waals surface area contributed by atoms with Gasteiger partial charge in [0.2, 0.25) is 0 Å². The Balaban J connectivity index is 1.56. The first-order valence-electron chi connectivity index (χ1n) is 46.2. The molecule has 2 aromatic rings. The van der Waals surface area contributed by atoms with Crippen LogP contribution in [-0.4, -0.2) is 24.8 Å². The molecular weight excluding hydrogens is 1250 g/mol. The van der Waals surface area contributed by atoms with Gasteiger partial charge in [0, 0.05) is 12.6 Å². The minimum Gasteiger partial charge on any atom is -0.410 e. The molecule has 6 heteroatoms. The van der Waals surface area contributed by atoms with Crippen LogP contribution in [0.3, 0.4) is 0 Å². The molecule has 2 amide bonds. The molecule has 0 aliphatic heterocycles. The molecule has 1 aliphatic rings. The Morgan fingerprint density at radius 1 is 0.314 bits per heavy atom. The van der Waals surface area contributed by atoms with E-state index < -0.39 is 0 Å². The van der Waals surface area contributed by atoms with Gasteiger partial charge >= 0.3 is 12.2 Å². The lowest BCUT2D eigenvalue weighted by Gasteiger charge is -2.46. The summed E-state index contributed by atoms with van der Waals surface area (Å²) < 4.78 is 12.8. The number of nitrogens with one attached hydrogen (secondary N) is 2. The quantitative estimate of drug-likeness (QED) is 0.0647. The number of aryl methyl sites for hydroxylation is 2. The van der Waals surface area contributed by atoms with Gasteiger partial charge in [-0.2, -0.15) is 0 Å². The van der Waals surface area contributed by atoms with Crippen molar-refractivity contribution in [3.8, 4) is 11.5 Å². The molecule has 0 heterocycles. The molecular formula is C96H174N2O4.